The molecule has 0 aliphatic carbocycles. The Morgan fingerprint density at radius 2 is 1.90 bits per heavy atom. The minimum absolute atomic E-state index is 0.0120. The van der Waals surface area contributed by atoms with Gasteiger partial charge in [-0.3, -0.25) is 0 Å². The molecule has 0 aromatic heterocycles. The van der Waals surface area contributed by atoms with E-state index in [2.05, 4.69) is 26.1 Å². The maximum absolute atomic E-state index is 9.93. The van der Waals surface area contributed by atoms with Gasteiger partial charge >= 0.3 is 0 Å². The van der Waals surface area contributed by atoms with Crippen LogP contribution in [0.15, 0.2) is 30.3 Å². The highest BCUT2D eigenvalue weighted by Gasteiger charge is 2.15. The summed E-state index contributed by atoms with van der Waals surface area (Å²) in [7, 11) is 0. The second kappa shape index (κ2) is 8.40. The lowest BCUT2D eigenvalue weighted by Gasteiger charge is -2.24. The molecule has 0 heterocycles. The van der Waals surface area contributed by atoms with Gasteiger partial charge < -0.3 is 15.2 Å². The summed E-state index contributed by atoms with van der Waals surface area (Å²) in [6, 6.07) is 10.1. The topological polar surface area (TPSA) is 41.5 Å². The normalized spacial score (nSPS) is 15.1. The maximum Gasteiger partial charge on any atom is 0.0897 e. The van der Waals surface area contributed by atoms with Crippen molar-refractivity contribution < 1.29 is 9.84 Å². The quantitative estimate of drug-likeness (QED) is 0.729. The molecule has 2 atom stereocenters. The molecule has 1 rings (SSSR count). The van der Waals surface area contributed by atoms with Gasteiger partial charge in [-0.25, -0.2) is 0 Å². The van der Waals surface area contributed by atoms with E-state index in [-0.39, 0.29) is 11.5 Å². The van der Waals surface area contributed by atoms with Gasteiger partial charge in [0.25, 0.3) is 0 Å². The zero-order chi connectivity index (χ0) is 15.0. The molecule has 2 N–H and O–H groups in total. The molecular formula is C17H29NO2. The van der Waals surface area contributed by atoms with Crippen LogP contribution in [0.5, 0.6) is 0 Å². The SMILES string of the molecule is CCC(C)(C)CNCC(O)COC(C)c1ccccc1. The van der Waals surface area contributed by atoms with E-state index >= 15 is 0 Å². The summed E-state index contributed by atoms with van der Waals surface area (Å²) < 4.78 is 5.71. The number of aliphatic hydroxyl groups excluding tert-OH is 1. The van der Waals surface area contributed by atoms with E-state index in [1.54, 1.807) is 0 Å². The van der Waals surface area contributed by atoms with Gasteiger partial charge in [0.2, 0.25) is 0 Å². The molecule has 1 aromatic carbocycles. The minimum atomic E-state index is -0.464. The molecule has 1 aromatic rings. The summed E-state index contributed by atoms with van der Waals surface area (Å²) in [5, 5.41) is 13.2. The molecule has 0 amide bonds. The maximum atomic E-state index is 9.93. The second-order valence-corrected chi connectivity index (χ2v) is 6.19. The largest absolute Gasteiger partial charge is 0.389 e. The van der Waals surface area contributed by atoms with Crippen molar-refractivity contribution in [3.8, 4) is 0 Å². The second-order valence-electron chi connectivity index (χ2n) is 6.19. The highest BCUT2D eigenvalue weighted by atomic mass is 16.5. The monoisotopic (exact) mass is 279 g/mol. The van der Waals surface area contributed by atoms with Crippen LogP contribution in [0.3, 0.4) is 0 Å². The minimum Gasteiger partial charge on any atom is -0.389 e. The average molecular weight is 279 g/mol. The van der Waals surface area contributed by atoms with Crippen molar-refractivity contribution in [2.75, 3.05) is 19.7 Å². The van der Waals surface area contributed by atoms with Gasteiger partial charge in [-0.15, -0.1) is 0 Å². The van der Waals surface area contributed by atoms with Crippen LogP contribution in [0.4, 0.5) is 0 Å². The van der Waals surface area contributed by atoms with E-state index in [4.69, 9.17) is 4.74 Å². The van der Waals surface area contributed by atoms with Crippen LogP contribution in [0.1, 0.15) is 45.8 Å². The number of hydrogen-bond acceptors (Lipinski definition) is 3. The zero-order valence-electron chi connectivity index (χ0n) is 13.2. The van der Waals surface area contributed by atoms with Crippen LogP contribution in [0.25, 0.3) is 0 Å². The third-order valence-corrected chi connectivity index (χ3v) is 3.75. The summed E-state index contributed by atoms with van der Waals surface area (Å²) in [6.45, 7) is 10.5. The highest BCUT2D eigenvalue weighted by Crippen LogP contribution is 2.18. The lowest BCUT2D eigenvalue weighted by molar-refractivity contribution is -0.00266. The number of rotatable bonds is 9. The standard InChI is InChI=1S/C17H29NO2/c1-5-17(3,4)13-18-11-16(19)12-20-14(2)15-9-7-6-8-10-15/h6-10,14,16,18-19H,5,11-13H2,1-4H3. The fourth-order valence-corrected chi connectivity index (χ4v) is 1.84. The molecule has 0 aliphatic rings. The predicted octanol–water partition coefficient (Wildman–Crippen LogP) is 3.15. The molecule has 114 valence electrons. The first-order valence-electron chi connectivity index (χ1n) is 7.50. The first-order chi connectivity index (χ1) is 9.44. The molecule has 20 heavy (non-hydrogen) atoms. The van der Waals surface area contributed by atoms with Crippen LogP contribution in [0.2, 0.25) is 0 Å². The Morgan fingerprint density at radius 3 is 2.50 bits per heavy atom. The number of nitrogens with one attached hydrogen (secondary N) is 1. The average Bonchev–Trinajstić information content (AvgIpc) is 2.45. The van der Waals surface area contributed by atoms with Crippen LogP contribution in [-0.2, 0) is 4.74 Å². The highest BCUT2D eigenvalue weighted by molar-refractivity contribution is 5.16. The van der Waals surface area contributed by atoms with E-state index in [1.807, 2.05) is 37.3 Å². The van der Waals surface area contributed by atoms with Crippen molar-refractivity contribution in [2.24, 2.45) is 5.41 Å². The Hall–Kier alpha value is -0.900. The van der Waals surface area contributed by atoms with Crippen molar-refractivity contribution in [3.05, 3.63) is 35.9 Å². The molecule has 0 radical (unpaired) electrons. The summed E-state index contributed by atoms with van der Waals surface area (Å²) in [6.07, 6.45) is 0.671. The molecule has 3 heteroatoms. The Balaban J connectivity index is 2.21. The van der Waals surface area contributed by atoms with Gasteiger partial charge in [0.05, 0.1) is 18.8 Å². The summed E-state index contributed by atoms with van der Waals surface area (Å²) in [5.41, 5.74) is 1.41. The number of aliphatic hydroxyl groups is 1. The molecular weight excluding hydrogens is 250 g/mol. The first-order valence-corrected chi connectivity index (χ1v) is 7.50. The van der Waals surface area contributed by atoms with Crippen molar-refractivity contribution in [3.63, 3.8) is 0 Å². The van der Waals surface area contributed by atoms with Crippen molar-refractivity contribution in [2.45, 2.75) is 46.3 Å². The summed E-state index contributed by atoms with van der Waals surface area (Å²) in [5.74, 6) is 0. The van der Waals surface area contributed by atoms with Crippen LogP contribution in [0, 0.1) is 5.41 Å². The van der Waals surface area contributed by atoms with E-state index in [1.165, 1.54) is 0 Å². The summed E-state index contributed by atoms with van der Waals surface area (Å²) in [4.78, 5) is 0. The van der Waals surface area contributed by atoms with Gasteiger partial charge in [0.15, 0.2) is 0 Å². The lowest BCUT2D eigenvalue weighted by atomic mass is 9.90. The molecule has 2 unspecified atom stereocenters. The Kier molecular flexibility index (Phi) is 7.20. The van der Waals surface area contributed by atoms with E-state index in [0.717, 1.165) is 18.5 Å². The van der Waals surface area contributed by atoms with E-state index < -0.39 is 6.10 Å². The molecule has 0 saturated carbocycles. The van der Waals surface area contributed by atoms with Gasteiger partial charge in [0, 0.05) is 13.1 Å². The van der Waals surface area contributed by atoms with Crippen LogP contribution in [-0.4, -0.2) is 30.9 Å². The molecule has 0 saturated heterocycles. The lowest BCUT2D eigenvalue weighted by Crippen LogP contribution is -2.36. The summed E-state index contributed by atoms with van der Waals surface area (Å²) >= 11 is 0. The smallest absolute Gasteiger partial charge is 0.0897 e. The Labute approximate surface area is 123 Å². The van der Waals surface area contributed by atoms with Crippen molar-refractivity contribution in [1.82, 2.24) is 5.32 Å². The zero-order valence-corrected chi connectivity index (χ0v) is 13.2. The van der Waals surface area contributed by atoms with Gasteiger partial charge in [-0.1, -0.05) is 51.1 Å². The Bertz CT molecular complexity index is 365. The van der Waals surface area contributed by atoms with E-state index in [0.29, 0.717) is 13.2 Å². The third-order valence-electron chi connectivity index (χ3n) is 3.75. The van der Waals surface area contributed by atoms with Crippen LogP contribution >= 0.6 is 0 Å². The third kappa shape index (κ3) is 6.51. The molecule has 0 spiro atoms. The predicted molar refractivity (Wildman–Crippen MR) is 83.8 cm³/mol. The van der Waals surface area contributed by atoms with Crippen molar-refractivity contribution in [1.29, 1.82) is 0 Å². The van der Waals surface area contributed by atoms with Gasteiger partial charge in [-0.05, 0) is 24.3 Å². The molecule has 0 aliphatic heterocycles. The fraction of sp³-hybridized carbons (Fsp3) is 0.647. The number of hydrogen-bond donors (Lipinski definition) is 2. The number of benzene rings is 1. The van der Waals surface area contributed by atoms with E-state index in [9.17, 15) is 5.11 Å². The Morgan fingerprint density at radius 1 is 1.25 bits per heavy atom. The molecule has 0 fully saturated rings. The molecule has 0 bridgehead atoms. The number of ether oxygens (including phenoxy) is 1. The van der Waals surface area contributed by atoms with Gasteiger partial charge in [0.1, 0.15) is 0 Å². The van der Waals surface area contributed by atoms with Gasteiger partial charge in [-0.2, -0.15) is 0 Å². The molecule has 3 nitrogen and oxygen atoms in total. The first kappa shape index (κ1) is 17.2. The fourth-order valence-electron chi connectivity index (χ4n) is 1.84. The van der Waals surface area contributed by atoms with Crippen molar-refractivity contribution >= 4 is 0 Å². The van der Waals surface area contributed by atoms with Crippen LogP contribution < -0.4 is 5.32 Å².